The topological polar surface area (TPSA) is 73.4 Å². The standard InChI is InChI=1S/C25H33N5O/c1-17-9-11-30(12-10-17)16-19(15-26-3)13-18(2)20-7-8-23-22(14-20)24(29-28-23)25(31)27-21-5-4-6-21/h7-8,13-15,17,21H,3-6,9-12,16H2,1-2H3,(H,27,31)(H,28,29)/b18-13+,19-15+. The van der Waals surface area contributed by atoms with Gasteiger partial charge in [-0.3, -0.25) is 19.8 Å². The Morgan fingerprint density at radius 2 is 2.10 bits per heavy atom. The highest BCUT2D eigenvalue weighted by atomic mass is 16.2. The Morgan fingerprint density at radius 1 is 1.32 bits per heavy atom. The number of benzene rings is 1. The Labute approximate surface area is 184 Å². The number of piperidine rings is 1. The summed E-state index contributed by atoms with van der Waals surface area (Å²) < 4.78 is 0. The van der Waals surface area contributed by atoms with Crippen LogP contribution in [0.1, 0.15) is 62.0 Å². The van der Waals surface area contributed by atoms with E-state index in [1.165, 1.54) is 19.3 Å². The molecule has 1 aliphatic heterocycles. The van der Waals surface area contributed by atoms with Crippen LogP contribution in [0.2, 0.25) is 0 Å². The van der Waals surface area contributed by atoms with Gasteiger partial charge >= 0.3 is 0 Å². The maximum absolute atomic E-state index is 12.7. The van der Waals surface area contributed by atoms with Crippen molar-refractivity contribution in [3.63, 3.8) is 0 Å². The Bertz CT molecular complexity index is 1010. The highest BCUT2D eigenvalue weighted by Gasteiger charge is 2.23. The van der Waals surface area contributed by atoms with Crippen LogP contribution < -0.4 is 5.32 Å². The minimum Gasteiger partial charge on any atom is -0.348 e. The van der Waals surface area contributed by atoms with Crippen molar-refractivity contribution in [2.24, 2.45) is 10.9 Å². The molecule has 1 aromatic heterocycles. The Hall–Kier alpha value is -2.73. The summed E-state index contributed by atoms with van der Waals surface area (Å²) in [6, 6.07) is 6.42. The van der Waals surface area contributed by atoms with Crippen molar-refractivity contribution in [1.82, 2.24) is 20.4 Å². The number of rotatable bonds is 7. The molecule has 1 amide bonds. The van der Waals surface area contributed by atoms with Gasteiger partial charge in [-0.05, 0) is 93.6 Å². The fourth-order valence-corrected chi connectivity index (χ4v) is 4.32. The van der Waals surface area contributed by atoms with Crippen LogP contribution in [0, 0.1) is 5.92 Å². The molecule has 0 radical (unpaired) electrons. The van der Waals surface area contributed by atoms with Gasteiger partial charge < -0.3 is 5.32 Å². The SMILES string of the molecule is C=N/C=C(\C=C(/C)c1ccc2[nH]nc(C(=O)NC3CCC3)c2c1)CN1CCC(C)CC1. The van der Waals surface area contributed by atoms with Crippen LogP contribution in [0.25, 0.3) is 16.5 Å². The van der Waals surface area contributed by atoms with Crippen LogP contribution in [-0.4, -0.2) is 53.4 Å². The number of aromatic amines is 1. The summed E-state index contributed by atoms with van der Waals surface area (Å²) >= 11 is 0. The van der Waals surface area contributed by atoms with Gasteiger partial charge in [-0.25, -0.2) is 0 Å². The first-order valence-corrected chi connectivity index (χ1v) is 11.4. The second-order valence-electron chi connectivity index (χ2n) is 9.11. The molecular formula is C25H33N5O. The van der Waals surface area contributed by atoms with E-state index in [9.17, 15) is 4.79 Å². The van der Waals surface area contributed by atoms with Crippen molar-refractivity contribution in [1.29, 1.82) is 0 Å². The van der Waals surface area contributed by atoms with E-state index in [-0.39, 0.29) is 5.91 Å². The van der Waals surface area contributed by atoms with Crippen LogP contribution in [0.5, 0.6) is 0 Å². The number of hydrogen-bond donors (Lipinski definition) is 2. The fourth-order valence-electron chi connectivity index (χ4n) is 4.32. The number of carbonyl (C=O) groups excluding carboxylic acids is 1. The van der Waals surface area contributed by atoms with Crippen molar-refractivity contribution in [2.45, 2.75) is 52.0 Å². The van der Waals surface area contributed by atoms with Crippen LogP contribution in [0.4, 0.5) is 0 Å². The van der Waals surface area contributed by atoms with Crippen molar-refractivity contribution < 1.29 is 4.79 Å². The third-order valence-electron chi connectivity index (χ3n) is 6.62. The van der Waals surface area contributed by atoms with Crippen LogP contribution in [0.15, 0.2) is 41.0 Å². The number of allylic oxidation sites excluding steroid dienone is 1. The van der Waals surface area contributed by atoms with Gasteiger partial charge in [0.05, 0.1) is 5.52 Å². The molecule has 31 heavy (non-hydrogen) atoms. The number of hydrogen-bond acceptors (Lipinski definition) is 4. The zero-order chi connectivity index (χ0) is 21.8. The first kappa shape index (κ1) is 21.5. The van der Waals surface area contributed by atoms with Crippen LogP contribution in [0.3, 0.4) is 0 Å². The predicted octanol–water partition coefficient (Wildman–Crippen LogP) is 4.56. The number of likely N-dealkylation sites (tertiary alicyclic amines) is 1. The van der Waals surface area contributed by atoms with Crippen molar-refractivity contribution >= 4 is 29.1 Å². The molecule has 1 aromatic carbocycles. The highest BCUT2D eigenvalue weighted by Crippen LogP contribution is 2.25. The molecule has 2 N–H and O–H groups in total. The molecule has 2 heterocycles. The highest BCUT2D eigenvalue weighted by molar-refractivity contribution is 6.05. The average molecular weight is 420 g/mol. The van der Waals surface area contributed by atoms with Gasteiger partial charge in [-0.15, -0.1) is 0 Å². The quantitative estimate of drug-likeness (QED) is 0.510. The summed E-state index contributed by atoms with van der Waals surface area (Å²) in [5.74, 6) is 0.723. The van der Waals surface area contributed by atoms with E-state index >= 15 is 0 Å². The van der Waals surface area contributed by atoms with Gasteiger partial charge in [-0.1, -0.05) is 19.1 Å². The molecule has 4 rings (SSSR count). The normalized spacial score (nSPS) is 19.4. The minimum absolute atomic E-state index is 0.0921. The van der Waals surface area contributed by atoms with Gasteiger partial charge in [0.1, 0.15) is 0 Å². The first-order valence-electron chi connectivity index (χ1n) is 11.4. The first-order chi connectivity index (χ1) is 15.0. The molecule has 2 aromatic rings. The fraction of sp³-hybridized carbons (Fsp3) is 0.480. The van der Waals surface area contributed by atoms with E-state index < -0.39 is 0 Å². The van der Waals surface area contributed by atoms with E-state index in [0.29, 0.717) is 11.7 Å². The van der Waals surface area contributed by atoms with Gasteiger partial charge in [0.2, 0.25) is 0 Å². The summed E-state index contributed by atoms with van der Waals surface area (Å²) in [4.78, 5) is 19.2. The summed E-state index contributed by atoms with van der Waals surface area (Å²) in [5.41, 5.74) is 4.71. The van der Waals surface area contributed by atoms with E-state index in [1.54, 1.807) is 0 Å². The van der Waals surface area contributed by atoms with E-state index in [0.717, 1.165) is 66.0 Å². The maximum atomic E-state index is 12.7. The molecule has 1 saturated heterocycles. The zero-order valence-corrected chi connectivity index (χ0v) is 18.7. The number of nitrogens with zero attached hydrogens (tertiary/aromatic N) is 3. The maximum Gasteiger partial charge on any atom is 0.272 e. The Morgan fingerprint density at radius 3 is 2.77 bits per heavy atom. The van der Waals surface area contributed by atoms with E-state index in [2.05, 4.69) is 64.2 Å². The average Bonchev–Trinajstić information content (AvgIpc) is 3.15. The smallest absolute Gasteiger partial charge is 0.272 e. The van der Waals surface area contributed by atoms with Crippen LogP contribution >= 0.6 is 0 Å². The summed E-state index contributed by atoms with van der Waals surface area (Å²) in [7, 11) is 0. The molecular weight excluding hydrogens is 386 g/mol. The van der Waals surface area contributed by atoms with Crippen molar-refractivity contribution in [3.8, 4) is 0 Å². The molecule has 0 atom stereocenters. The molecule has 0 spiro atoms. The van der Waals surface area contributed by atoms with Crippen molar-refractivity contribution in [3.05, 3.63) is 47.3 Å². The number of carbonyl (C=O) groups is 1. The third-order valence-corrected chi connectivity index (χ3v) is 6.62. The predicted molar refractivity (Wildman–Crippen MR) is 127 cm³/mol. The zero-order valence-electron chi connectivity index (χ0n) is 18.7. The number of H-pyrrole nitrogens is 1. The lowest BCUT2D eigenvalue weighted by molar-refractivity contribution is 0.0913. The number of fused-ring (bicyclic) bond motifs is 1. The van der Waals surface area contributed by atoms with Crippen molar-refractivity contribution in [2.75, 3.05) is 19.6 Å². The molecule has 6 nitrogen and oxygen atoms in total. The molecule has 0 bridgehead atoms. The Kier molecular flexibility index (Phi) is 6.66. The summed E-state index contributed by atoms with van der Waals surface area (Å²) in [5, 5.41) is 11.2. The summed E-state index contributed by atoms with van der Waals surface area (Å²) in [6.45, 7) is 11.2. The molecule has 0 unspecified atom stereocenters. The third kappa shape index (κ3) is 5.13. The summed E-state index contributed by atoms with van der Waals surface area (Å²) in [6.07, 6.45) is 9.84. The molecule has 6 heteroatoms. The van der Waals surface area contributed by atoms with E-state index in [4.69, 9.17) is 0 Å². The second-order valence-corrected chi connectivity index (χ2v) is 9.11. The Balaban J connectivity index is 1.53. The minimum atomic E-state index is -0.0921. The second kappa shape index (κ2) is 9.60. The van der Waals surface area contributed by atoms with Crippen LogP contribution in [-0.2, 0) is 0 Å². The lowest BCUT2D eigenvalue weighted by atomic mass is 9.93. The molecule has 1 saturated carbocycles. The molecule has 164 valence electrons. The largest absolute Gasteiger partial charge is 0.348 e. The van der Waals surface area contributed by atoms with Gasteiger partial charge in [0, 0.05) is 24.2 Å². The number of aromatic nitrogens is 2. The number of amides is 1. The monoisotopic (exact) mass is 419 g/mol. The number of nitrogens with one attached hydrogen (secondary N) is 2. The lowest BCUT2D eigenvalue weighted by Gasteiger charge is -2.30. The van der Waals surface area contributed by atoms with Gasteiger partial charge in [-0.2, -0.15) is 5.10 Å². The molecule has 2 aliphatic rings. The molecule has 1 aliphatic carbocycles. The van der Waals surface area contributed by atoms with Gasteiger partial charge in [0.25, 0.3) is 5.91 Å². The lowest BCUT2D eigenvalue weighted by Crippen LogP contribution is -2.39. The van der Waals surface area contributed by atoms with Gasteiger partial charge in [0.15, 0.2) is 5.69 Å². The molecule has 2 fully saturated rings. The van der Waals surface area contributed by atoms with E-state index in [1.807, 2.05) is 12.3 Å². The number of aliphatic imine (C=N–C) groups is 1.